The lowest BCUT2D eigenvalue weighted by atomic mass is 9.90. The van der Waals surface area contributed by atoms with E-state index in [2.05, 4.69) is 0 Å². The van der Waals surface area contributed by atoms with Crippen molar-refractivity contribution in [2.45, 2.75) is 19.1 Å². The minimum atomic E-state index is -1.16. The topological polar surface area (TPSA) is 102 Å². The van der Waals surface area contributed by atoms with Gasteiger partial charge in [-0.2, -0.15) is 0 Å². The Morgan fingerprint density at radius 3 is 2.47 bits per heavy atom. The third-order valence-electron chi connectivity index (χ3n) is 6.08. The first-order valence-electron chi connectivity index (χ1n) is 11.1. The molecule has 5 rings (SSSR count). The Bertz CT molecular complexity index is 1380. The van der Waals surface area contributed by atoms with Crippen molar-refractivity contribution in [1.29, 1.82) is 0 Å². The molecule has 3 atom stereocenters. The van der Waals surface area contributed by atoms with Crippen LogP contribution in [0.5, 0.6) is 5.75 Å². The number of nitrogens with zero attached hydrogens (tertiary/aromatic N) is 3. The number of nitro groups is 1. The summed E-state index contributed by atoms with van der Waals surface area (Å²) in [5, 5.41) is 13.4. The van der Waals surface area contributed by atoms with Crippen molar-refractivity contribution < 1.29 is 24.1 Å². The van der Waals surface area contributed by atoms with Gasteiger partial charge in [0.25, 0.3) is 11.6 Å². The molecule has 0 saturated carbocycles. The Morgan fingerprint density at radius 1 is 1.00 bits per heavy atom. The molecule has 9 nitrogen and oxygen atoms in total. The second kappa shape index (κ2) is 9.42. The highest BCUT2D eigenvalue weighted by Gasteiger charge is 2.60. The molecule has 2 amide bonds. The summed E-state index contributed by atoms with van der Waals surface area (Å²) in [7, 11) is 0. The van der Waals surface area contributed by atoms with Gasteiger partial charge in [-0.15, -0.1) is 0 Å². The molecular weight excluding hydrogens is 509 g/mol. The lowest BCUT2D eigenvalue weighted by Crippen LogP contribution is -2.37. The maximum absolute atomic E-state index is 13.8. The van der Waals surface area contributed by atoms with Crippen LogP contribution in [0.1, 0.15) is 18.5 Å². The van der Waals surface area contributed by atoms with Crippen molar-refractivity contribution in [2.24, 2.45) is 5.92 Å². The number of carbonyl (C=O) groups excluding carboxylic acids is 2. The van der Waals surface area contributed by atoms with Gasteiger partial charge >= 0.3 is 0 Å². The monoisotopic (exact) mass is 527 g/mol. The normalized spacial score (nSPS) is 21.1. The average Bonchev–Trinajstić information content (AvgIpc) is 3.35. The molecule has 184 valence electrons. The van der Waals surface area contributed by atoms with Crippen LogP contribution in [0.15, 0.2) is 66.7 Å². The summed E-state index contributed by atoms with van der Waals surface area (Å²) in [6.45, 7) is 2.26. The van der Waals surface area contributed by atoms with Crippen molar-refractivity contribution in [3.8, 4) is 5.75 Å². The van der Waals surface area contributed by atoms with E-state index in [-0.39, 0.29) is 10.7 Å². The van der Waals surface area contributed by atoms with Gasteiger partial charge < -0.3 is 4.74 Å². The predicted octanol–water partition coefficient (Wildman–Crippen LogP) is 5.35. The lowest BCUT2D eigenvalue weighted by Gasteiger charge is -2.29. The number of ether oxygens (including phenoxy) is 1. The molecule has 36 heavy (non-hydrogen) atoms. The first-order chi connectivity index (χ1) is 17.3. The summed E-state index contributed by atoms with van der Waals surface area (Å²) in [5.74, 6) is -1.49. The third kappa shape index (κ3) is 4.05. The highest BCUT2D eigenvalue weighted by atomic mass is 35.5. The molecule has 2 saturated heterocycles. The second-order valence-corrected chi connectivity index (χ2v) is 9.05. The molecule has 0 unspecified atom stereocenters. The fourth-order valence-electron chi connectivity index (χ4n) is 4.57. The standard InChI is InChI=1S/C25H19Cl2N3O6/c1-2-35-18-8-4-5-15(13-18)28-24(31)21-22(19-10-9-14(26)11-20(19)27)29(36-23(21)25(28)32)16-6-3-7-17(12-16)30(33)34/h3-13,21-23H,2H2,1H3/t21-,22-,23+/m1/s1. The molecule has 0 aliphatic carbocycles. The molecule has 11 heteroatoms. The molecule has 3 aromatic carbocycles. The highest BCUT2D eigenvalue weighted by Crippen LogP contribution is 2.49. The van der Waals surface area contributed by atoms with Crippen molar-refractivity contribution in [2.75, 3.05) is 16.6 Å². The number of hydrogen-bond donors (Lipinski definition) is 0. The summed E-state index contributed by atoms with van der Waals surface area (Å²) < 4.78 is 5.52. The molecule has 2 fully saturated rings. The smallest absolute Gasteiger partial charge is 0.271 e. The molecule has 2 heterocycles. The minimum absolute atomic E-state index is 0.166. The maximum atomic E-state index is 13.8. The van der Waals surface area contributed by atoms with Gasteiger partial charge in [-0.3, -0.25) is 24.5 Å². The molecule has 0 N–H and O–H groups in total. The van der Waals surface area contributed by atoms with E-state index >= 15 is 0 Å². The van der Waals surface area contributed by atoms with Crippen LogP contribution in [0.2, 0.25) is 10.0 Å². The van der Waals surface area contributed by atoms with Gasteiger partial charge in [-0.1, -0.05) is 41.4 Å². The van der Waals surface area contributed by atoms with Crippen molar-refractivity contribution in [3.63, 3.8) is 0 Å². The summed E-state index contributed by atoms with van der Waals surface area (Å²) in [4.78, 5) is 45.2. The highest BCUT2D eigenvalue weighted by molar-refractivity contribution is 6.35. The number of halogens is 2. The number of imide groups is 1. The van der Waals surface area contributed by atoms with Crippen LogP contribution in [0.25, 0.3) is 0 Å². The molecule has 0 bridgehead atoms. The SMILES string of the molecule is CCOc1cccc(N2C(=O)[C@H]3[C@H](ON(c4cccc([N+](=O)[O-])c4)[C@@H]3c3ccc(Cl)cc3Cl)C2=O)c1. The summed E-state index contributed by atoms with van der Waals surface area (Å²) in [5.41, 5.74) is 0.990. The van der Waals surface area contributed by atoms with E-state index in [0.717, 1.165) is 4.90 Å². The van der Waals surface area contributed by atoms with Crippen LogP contribution in [-0.4, -0.2) is 29.4 Å². The van der Waals surface area contributed by atoms with Crippen LogP contribution >= 0.6 is 23.2 Å². The maximum Gasteiger partial charge on any atom is 0.271 e. The van der Waals surface area contributed by atoms with Gasteiger partial charge in [-0.05, 0) is 42.8 Å². The summed E-state index contributed by atoms with van der Waals surface area (Å²) >= 11 is 12.6. The van der Waals surface area contributed by atoms with E-state index < -0.39 is 34.8 Å². The molecule has 0 radical (unpaired) electrons. The predicted molar refractivity (Wildman–Crippen MR) is 133 cm³/mol. The van der Waals surface area contributed by atoms with E-state index in [1.807, 2.05) is 6.92 Å². The third-order valence-corrected chi connectivity index (χ3v) is 6.64. The number of amides is 2. The number of carbonyl (C=O) groups is 2. The Morgan fingerprint density at radius 2 is 1.75 bits per heavy atom. The first-order valence-corrected chi connectivity index (χ1v) is 11.8. The van der Waals surface area contributed by atoms with Gasteiger partial charge in [-0.25, -0.2) is 9.96 Å². The quantitative estimate of drug-likeness (QED) is 0.241. The zero-order valence-corrected chi connectivity index (χ0v) is 20.3. The fourth-order valence-corrected chi connectivity index (χ4v) is 5.09. The largest absolute Gasteiger partial charge is 0.494 e. The van der Waals surface area contributed by atoms with Gasteiger partial charge in [0.1, 0.15) is 11.7 Å². The van der Waals surface area contributed by atoms with Crippen molar-refractivity contribution in [3.05, 3.63) is 92.5 Å². The molecule has 0 aromatic heterocycles. The van der Waals surface area contributed by atoms with Gasteiger partial charge in [0.2, 0.25) is 5.91 Å². The van der Waals surface area contributed by atoms with E-state index in [4.69, 9.17) is 32.8 Å². The Labute approximate surface area is 215 Å². The van der Waals surface area contributed by atoms with Crippen molar-refractivity contribution >= 4 is 52.1 Å². The lowest BCUT2D eigenvalue weighted by molar-refractivity contribution is -0.384. The number of nitro benzene ring substituents is 1. The van der Waals surface area contributed by atoms with E-state index in [1.165, 1.54) is 29.3 Å². The molecule has 0 spiro atoms. The fraction of sp³-hybridized carbons (Fsp3) is 0.200. The number of anilines is 2. The minimum Gasteiger partial charge on any atom is -0.494 e. The van der Waals surface area contributed by atoms with Gasteiger partial charge in [0.05, 0.1) is 28.9 Å². The van der Waals surface area contributed by atoms with Crippen LogP contribution in [0, 0.1) is 16.0 Å². The van der Waals surface area contributed by atoms with E-state index in [1.54, 1.807) is 42.5 Å². The number of benzene rings is 3. The van der Waals surface area contributed by atoms with Crippen LogP contribution in [-0.2, 0) is 14.4 Å². The van der Waals surface area contributed by atoms with Gasteiger partial charge in [0.15, 0.2) is 6.10 Å². The molecule has 2 aliphatic heterocycles. The van der Waals surface area contributed by atoms with Crippen LogP contribution in [0.4, 0.5) is 17.1 Å². The number of hydroxylamine groups is 1. The summed E-state index contributed by atoms with van der Waals surface area (Å²) in [6.07, 6.45) is -1.16. The van der Waals surface area contributed by atoms with E-state index in [0.29, 0.717) is 34.3 Å². The van der Waals surface area contributed by atoms with Crippen molar-refractivity contribution in [1.82, 2.24) is 0 Å². The second-order valence-electron chi connectivity index (χ2n) is 8.21. The van der Waals surface area contributed by atoms with Gasteiger partial charge in [0, 0.05) is 28.2 Å². The molecular formula is C25H19Cl2N3O6. The van der Waals surface area contributed by atoms with Crippen LogP contribution in [0.3, 0.4) is 0 Å². The Kier molecular flexibility index (Phi) is 6.29. The Balaban J connectivity index is 1.60. The number of non-ortho nitro benzene ring substituents is 1. The Hall–Kier alpha value is -3.66. The average molecular weight is 528 g/mol. The number of fused-ring (bicyclic) bond motifs is 1. The molecule has 2 aliphatic rings. The van der Waals surface area contributed by atoms with Crippen LogP contribution < -0.4 is 14.7 Å². The molecule has 3 aromatic rings. The number of hydrogen-bond acceptors (Lipinski definition) is 7. The summed E-state index contributed by atoms with van der Waals surface area (Å²) in [6, 6.07) is 16.4. The zero-order chi connectivity index (χ0) is 25.6. The number of rotatable bonds is 6. The zero-order valence-electron chi connectivity index (χ0n) is 18.8. The first kappa shape index (κ1) is 24.1. The van der Waals surface area contributed by atoms with E-state index in [9.17, 15) is 19.7 Å².